The summed E-state index contributed by atoms with van der Waals surface area (Å²) in [5.74, 6) is 1.24. The molecule has 2 heterocycles. The number of fused-ring (bicyclic) bond motifs is 1. The van der Waals surface area contributed by atoms with Crippen LogP contribution in [0.4, 0.5) is 10.3 Å². The molecular weight excluding hydrogens is 273 g/mol. The first-order chi connectivity index (χ1) is 10.3. The van der Waals surface area contributed by atoms with Crippen molar-refractivity contribution in [2.45, 2.75) is 13.3 Å². The normalized spacial score (nSPS) is 13.0. The molecule has 0 saturated heterocycles. The van der Waals surface area contributed by atoms with E-state index in [-0.39, 0.29) is 5.69 Å². The molecule has 1 N–H and O–H groups in total. The molecule has 0 aliphatic carbocycles. The summed E-state index contributed by atoms with van der Waals surface area (Å²) in [5.41, 5.74) is 0.888. The lowest BCUT2D eigenvalue weighted by Crippen LogP contribution is -2.15. The van der Waals surface area contributed by atoms with Crippen LogP contribution in [0.25, 0.3) is 11.3 Å². The van der Waals surface area contributed by atoms with Gasteiger partial charge < -0.3 is 14.8 Å². The van der Waals surface area contributed by atoms with Crippen LogP contribution in [0.1, 0.15) is 13.3 Å². The second kappa shape index (κ2) is 5.95. The summed E-state index contributed by atoms with van der Waals surface area (Å²) in [4.78, 5) is 8.17. The maximum absolute atomic E-state index is 14.0. The van der Waals surface area contributed by atoms with Crippen LogP contribution in [0.2, 0.25) is 0 Å². The Morgan fingerprint density at radius 1 is 1.24 bits per heavy atom. The van der Waals surface area contributed by atoms with Crippen molar-refractivity contribution < 1.29 is 13.9 Å². The van der Waals surface area contributed by atoms with Gasteiger partial charge in [-0.15, -0.1) is 0 Å². The van der Waals surface area contributed by atoms with Gasteiger partial charge in [-0.3, -0.25) is 0 Å². The SMILES string of the molecule is CCCNc1ncc(F)c(-c2ccc3c(c2)OCCO3)n1. The molecule has 0 saturated carbocycles. The molecule has 1 aliphatic rings. The Kier molecular flexibility index (Phi) is 3.85. The van der Waals surface area contributed by atoms with E-state index in [9.17, 15) is 4.39 Å². The number of benzene rings is 1. The lowest BCUT2D eigenvalue weighted by molar-refractivity contribution is 0.171. The highest BCUT2D eigenvalue weighted by Crippen LogP contribution is 2.34. The fourth-order valence-corrected chi connectivity index (χ4v) is 2.08. The van der Waals surface area contributed by atoms with Crippen LogP contribution in [0.5, 0.6) is 11.5 Å². The Morgan fingerprint density at radius 3 is 2.86 bits per heavy atom. The minimum absolute atomic E-state index is 0.251. The summed E-state index contributed by atoms with van der Waals surface area (Å²) in [5, 5.41) is 3.05. The van der Waals surface area contributed by atoms with Crippen molar-refractivity contribution in [2.24, 2.45) is 0 Å². The highest BCUT2D eigenvalue weighted by molar-refractivity contribution is 5.65. The van der Waals surface area contributed by atoms with E-state index in [0.29, 0.717) is 36.2 Å². The zero-order valence-corrected chi connectivity index (χ0v) is 11.7. The Morgan fingerprint density at radius 2 is 2.05 bits per heavy atom. The van der Waals surface area contributed by atoms with Crippen molar-refractivity contribution in [1.82, 2.24) is 9.97 Å². The number of nitrogens with one attached hydrogen (secondary N) is 1. The largest absolute Gasteiger partial charge is 0.486 e. The number of anilines is 1. The van der Waals surface area contributed by atoms with Gasteiger partial charge in [-0.05, 0) is 24.6 Å². The number of hydrogen-bond donors (Lipinski definition) is 1. The Labute approximate surface area is 122 Å². The molecule has 1 aromatic carbocycles. The van der Waals surface area contributed by atoms with Crippen LogP contribution < -0.4 is 14.8 Å². The second-order valence-corrected chi connectivity index (χ2v) is 4.68. The number of rotatable bonds is 4. The van der Waals surface area contributed by atoms with Crippen LogP contribution in [0.3, 0.4) is 0 Å². The van der Waals surface area contributed by atoms with E-state index >= 15 is 0 Å². The molecular formula is C15H16FN3O2. The first kappa shape index (κ1) is 13.6. The molecule has 0 spiro atoms. The summed E-state index contributed by atoms with van der Waals surface area (Å²) in [6, 6.07) is 5.27. The fourth-order valence-electron chi connectivity index (χ4n) is 2.08. The fraction of sp³-hybridized carbons (Fsp3) is 0.333. The van der Waals surface area contributed by atoms with Gasteiger partial charge in [0.25, 0.3) is 0 Å². The second-order valence-electron chi connectivity index (χ2n) is 4.68. The van der Waals surface area contributed by atoms with Crippen molar-refractivity contribution in [1.29, 1.82) is 0 Å². The van der Waals surface area contributed by atoms with E-state index in [2.05, 4.69) is 15.3 Å². The predicted octanol–water partition coefficient (Wildman–Crippen LogP) is 2.88. The first-order valence-electron chi connectivity index (χ1n) is 6.94. The maximum Gasteiger partial charge on any atom is 0.223 e. The van der Waals surface area contributed by atoms with E-state index in [1.54, 1.807) is 18.2 Å². The van der Waals surface area contributed by atoms with Crippen LogP contribution in [-0.2, 0) is 0 Å². The molecule has 0 amide bonds. The van der Waals surface area contributed by atoms with Crippen LogP contribution in [0, 0.1) is 5.82 Å². The predicted molar refractivity (Wildman–Crippen MR) is 77.2 cm³/mol. The molecule has 0 bridgehead atoms. The van der Waals surface area contributed by atoms with Gasteiger partial charge in [0.05, 0.1) is 6.20 Å². The summed E-state index contributed by atoms with van der Waals surface area (Å²) in [6.07, 6.45) is 2.12. The zero-order valence-electron chi connectivity index (χ0n) is 11.7. The van der Waals surface area contributed by atoms with Crippen molar-refractivity contribution in [3.63, 3.8) is 0 Å². The molecule has 0 fully saturated rings. The van der Waals surface area contributed by atoms with Crippen molar-refractivity contribution in [3.8, 4) is 22.8 Å². The smallest absolute Gasteiger partial charge is 0.223 e. The summed E-state index contributed by atoms with van der Waals surface area (Å²) < 4.78 is 25.0. The van der Waals surface area contributed by atoms with E-state index in [1.807, 2.05) is 6.92 Å². The van der Waals surface area contributed by atoms with E-state index in [4.69, 9.17) is 9.47 Å². The molecule has 6 heteroatoms. The van der Waals surface area contributed by atoms with E-state index in [0.717, 1.165) is 13.0 Å². The van der Waals surface area contributed by atoms with Gasteiger partial charge in [-0.2, -0.15) is 0 Å². The third kappa shape index (κ3) is 2.89. The summed E-state index contributed by atoms with van der Waals surface area (Å²) in [7, 11) is 0. The minimum Gasteiger partial charge on any atom is -0.486 e. The monoisotopic (exact) mass is 289 g/mol. The quantitative estimate of drug-likeness (QED) is 0.938. The van der Waals surface area contributed by atoms with E-state index in [1.165, 1.54) is 6.20 Å². The van der Waals surface area contributed by atoms with Crippen molar-refractivity contribution >= 4 is 5.95 Å². The van der Waals surface area contributed by atoms with Gasteiger partial charge in [0, 0.05) is 12.1 Å². The number of ether oxygens (including phenoxy) is 2. The topological polar surface area (TPSA) is 56.3 Å². The molecule has 0 atom stereocenters. The molecule has 5 nitrogen and oxygen atoms in total. The number of nitrogens with zero attached hydrogens (tertiary/aromatic N) is 2. The molecule has 110 valence electrons. The van der Waals surface area contributed by atoms with Gasteiger partial charge in [-0.25, -0.2) is 14.4 Å². The van der Waals surface area contributed by atoms with Gasteiger partial charge >= 0.3 is 0 Å². The highest BCUT2D eigenvalue weighted by atomic mass is 19.1. The third-order valence-corrected chi connectivity index (χ3v) is 3.09. The third-order valence-electron chi connectivity index (χ3n) is 3.09. The lowest BCUT2D eigenvalue weighted by atomic mass is 10.1. The molecule has 3 rings (SSSR count). The van der Waals surface area contributed by atoms with E-state index < -0.39 is 5.82 Å². The summed E-state index contributed by atoms with van der Waals surface area (Å²) >= 11 is 0. The molecule has 0 radical (unpaired) electrons. The average Bonchev–Trinajstić information content (AvgIpc) is 2.53. The van der Waals surface area contributed by atoms with Crippen LogP contribution in [-0.4, -0.2) is 29.7 Å². The minimum atomic E-state index is -0.464. The van der Waals surface area contributed by atoms with Crippen LogP contribution >= 0.6 is 0 Å². The molecule has 21 heavy (non-hydrogen) atoms. The first-order valence-corrected chi connectivity index (χ1v) is 6.94. The maximum atomic E-state index is 14.0. The van der Waals surface area contributed by atoms with Crippen molar-refractivity contribution in [3.05, 3.63) is 30.2 Å². The molecule has 1 aliphatic heterocycles. The van der Waals surface area contributed by atoms with Gasteiger partial charge in [0.2, 0.25) is 5.95 Å². The zero-order chi connectivity index (χ0) is 14.7. The van der Waals surface area contributed by atoms with Crippen LogP contribution in [0.15, 0.2) is 24.4 Å². The highest BCUT2D eigenvalue weighted by Gasteiger charge is 2.15. The Bertz CT molecular complexity index is 649. The van der Waals surface area contributed by atoms with Crippen molar-refractivity contribution in [2.75, 3.05) is 25.1 Å². The molecule has 1 aromatic heterocycles. The van der Waals surface area contributed by atoms with Gasteiger partial charge in [0.1, 0.15) is 18.9 Å². The Hall–Kier alpha value is -2.37. The molecule has 0 unspecified atom stereocenters. The number of aromatic nitrogens is 2. The Balaban J connectivity index is 1.95. The summed E-state index contributed by atoms with van der Waals surface area (Å²) in [6.45, 7) is 3.80. The molecule has 2 aromatic rings. The average molecular weight is 289 g/mol. The standard InChI is InChI=1S/C15H16FN3O2/c1-2-5-17-15-18-9-11(16)14(19-15)10-3-4-12-13(8-10)21-7-6-20-12/h3-4,8-9H,2,5-7H2,1H3,(H,17,18,19). The van der Waals surface area contributed by atoms with Gasteiger partial charge in [-0.1, -0.05) is 6.92 Å². The lowest BCUT2D eigenvalue weighted by Gasteiger charge is -2.18. The van der Waals surface area contributed by atoms with Gasteiger partial charge in [0.15, 0.2) is 17.3 Å². The number of halogens is 1. The number of hydrogen-bond acceptors (Lipinski definition) is 5.